The van der Waals surface area contributed by atoms with Gasteiger partial charge < -0.3 is 10.1 Å². The lowest BCUT2D eigenvalue weighted by Crippen LogP contribution is -2.53. The molecule has 0 bridgehead atoms. The van der Waals surface area contributed by atoms with Gasteiger partial charge in [0.15, 0.2) is 5.16 Å². The van der Waals surface area contributed by atoms with Crippen molar-refractivity contribution in [2.75, 3.05) is 7.11 Å². The van der Waals surface area contributed by atoms with Crippen LogP contribution in [0.4, 0.5) is 9.18 Å². The quantitative estimate of drug-likeness (QED) is 0.547. The fraction of sp³-hybridized carbons (Fsp3) is 0.238. The number of carbonyl (C=O) groups excluding carboxylic acids is 2. The zero-order valence-electron chi connectivity index (χ0n) is 16.7. The molecule has 1 aliphatic heterocycles. The summed E-state index contributed by atoms with van der Waals surface area (Å²) in [5, 5.41) is 14.3. The number of urea groups is 1. The number of hydrogen-bond acceptors (Lipinski definition) is 6. The number of methoxy groups -OCH3 is 1. The Hall–Kier alpha value is -3.40. The van der Waals surface area contributed by atoms with E-state index in [-0.39, 0.29) is 24.2 Å². The van der Waals surface area contributed by atoms with E-state index < -0.39 is 6.03 Å². The Morgan fingerprint density at radius 3 is 2.55 bits per heavy atom. The predicted molar refractivity (Wildman–Crippen MR) is 113 cm³/mol. The monoisotopic (exact) mass is 441 g/mol. The van der Waals surface area contributed by atoms with E-state index in [4.69, 9.17) is 4.74 Å². The van der Waals surface area contributed by atoms with Gasteiger partial charge in [-0.25, -0.2) is 9.18 Å². The van der Waals surface area contributed by atoms with Crippen LogP contribution in [0.15, 0.2) is 53.7 Å². The Balaban J connectivity index is 1.61. The summed E-state index contributed by atoms with van der Waals surface area (Å²) in [5.41, 5.74) is 1.78. The summed E-state index contributed by atoms with van der Waals surface area (Å²) >= 11 is 1.46. The summed E-state index contributed by atoms with van der Waals surface area (Å²) < 4.78 is 20.3. The van der Waals surface area contributed by atoms with Gasteiger partial charge in [-0.15, -0.1) is 10.2 Å². The van der Waals surface area contributed by atoms with E-state index in [1.165, 1.54) is 23.9 Å². The molecule has 1 aliphatic rings. The topological polar surface area (TPSA) is 98.1 Å². The number of halogens is 1. The van der Waals surface area contributed by atoms with Crippen LogP contribution in [0.25, 0.3) is 5.69 Å². The lowest BCUT2D eigenvalue weighted by Gasteiger charge is -2.23. The van der Waals surface area contributed by atoms with Crippen molar-refractivity contribution < 1.29 is 18.7 Å². The van der Waals surface area contributed by atoms with Crippen LogP contribution in [0.5, 0.6) is 5.75 Å². The van der Waals surface area contributed by atoms with Crippen LogP contribution < -0.4 is 15.4 Å². The normalized spacial score (nSPS) is 16.0. The van der Waals surface area contributed by atoms with Gasteiger partial charge in [0.25, 0.3) is 0 Å². The van der Waals surface area contributed by atoms with Crippen LogP contribution in [0.2, 0.25) is 0 Å². The van der Waals surface area contributed by atoms with Gasteiger partial charge in [-0.05, 0) is 42.0 Å². The molecule has 8 nitrogen and oxygen atoms in total. The highest BCUT2D eigenvalue weighted by Crippen LogP contribution is 2.27. The van der Waals surface area contributed by atoms with Gasteiger partial charge in [-0.2, -0.15) is 0 Å². The number of benzene rings is 2. The molecule has 31 heavy (non-hydrogen) atoms. The Kier molecular flexibility index (Phi) is 6.17. The standard InChI is InChI=1S/C21H20FN5O3S/c1-30-17-8-6-16(7-9-17)27-18(10-15-11-19(28)24-20(29)23-15)25-26-21(27)31-12-13-2-4-14(22)5-3-13/h2-9,15H,10-12H2,1H3,(H2,23,24,28,29). The van der Waals surface area contributed by atoms with Gasteiger partial charge in [0.2, 0.25) is 5.91 Å². The van der Waals surface area contributed by atoms with Crippen LogP contribution in [0.3, 0.4) is 0 Å². The second-order valence-corrected chi connectivity index (χ2v) is 7.92. The molecule has 0 saturated carbocycles. The maximum absolute atomic E-state index is 13.2. The van der Waals surface area contributed by atoms with E-state index in [9.17, 15) is 14.0 Å². The van der Waals surface area contributed by atoms with Crippen LogP contribution in [0.1, 0.15) is 17.8 Å². The molecule has 1 unspecified atom stereocenters. The zero-order chi connectivity index (χ0) is 21.8. The zero-order valence-corrected chi connectivity index (χ0v) is 17.5. The number of imide groups is 1. The molecule has 160 valence electrons. The Morgan fingerprint density at radius 1 is 1.13 bits per heavy atom. The lowest BCUT2D eigenvalue weighted by molar-refractivity contribution is -0.121. The fourth-order valence-electron chi connectivity index (χ4n) is 3.26. The van der Waals surface area contributed by atoms with Gasteiger partial charge in [0, 0.05) is 30.3 Å². The third-order valence-electron chi connectivity index (χ3n) is 4.76. The number of aromatic nitrogens is 3. The molecule has 0 radical (unpaired) electrons. The first-order chi connectivity index (χ1) is 15.0. The number of amides is 3. The highest BCUT2D eigenvalue weighted by Gasteiger charge is 2.26. The minimum absolute atomic E-state index is 0.166. The first kappa shape index (κ1) is 20.9. The van der Waals surface area contributed by atoms with Gasteiger partial charge in [0.1, 0.15) is 17.4 Å². The fourth-order valence-corrected chi connectivity index (χ4v) is 4.19. The third-order valence-corrected chi connectivity index (χ3v) is 5.76. The number of carbonyl (C=O) groups is 2. The van der Waals surface area contributed by atoms with E-state index in [0.29, 0.717) is 23.2 Å². The first-order valence-corrected chi connectivity index (χ1v) is 10.6. The molecule has 2 aromatic carbocycles. The average Bonchev–Trinajstić information content (AvgIpc) is 3.15. The molecule has 1 aromatic heterocycles. The second kappa shape index (κ2) is 9.17. The van der Waals surface area contributed by atoms with Crippen molar-refractivity contribution in [3.8, 4) is 11.4 Å². The molecule has 2 N–H and O–H groups in total. The molecular formula is C21H20FN5O3S. The van der Waals surface area contributed by atoms with Gasteiger partial charge in [-0.3, -0.25) is 14.7 Å². The Morgan fingerprint density at radius 2 is 1.87 bits per heavy atom. The van der Waals surface area contributed by atoms with Crippen molar-refractivity contribution in [1.82, 2.24) is 25.4 Å². The van der Waals surface area contributed by atoms with E-state index in [0.717, 1.165) is 17.0 Å². The summed E-state index contributed by atoms with van der Waals surface area (Å²) in [6.07, 6.45) is 0.508. The van der Waals surface area contributed by atoms with E-state index in [2.05, 4.69) is 20.8 Å². The average molecular weight is 441 g/mol. The van der Waals surface area contributed by atoms with E-state index in [1.54, 1.807) is 19.2 Å². The van der Waals surface area contributed by atoms with Crippen molar-refractivity contribution in [2.24, 2.45) is 0 Å². The molecular weight excluding hydrogens is 421 g/mol. The van der Waals surface area contributed by atoms with E-state index in [1.807, 2.05) is 28.8 Å². The number of hydrogen-bond donors (Lipinski definition) is 2. The first-order valence-electron chi connectivity index (χ1n) is 9.58. The second-order valence-electron chi connectivity index (χ2n) is 6.97. The Bertz CT molecular complexity index is 1070. The minimum Gasteiger partial charge on any atom is -0.497 e. The number of nitrogens with zero attached hydrogens (tertiary/aromatic N) is 3. The van der Waals surface area contributed by atoms with Crippen molar-refractivity contribution in [1.29, 1.82) is 0 Å². The predicted octanol–water partition coefficient (Wildman–Crippen LogP) is 2.85. The molecule has 1 atom stereocenters. The minimum atomic E-state index is -0.511. The molecule has 2 heterocycles. The highest BCUT2D eigenvalue weighted by molar-refractivity contribution is 7.98. The van der Waals surface area contributed by atoms with Gasteiger partial charge in [-0.1, -0.05) is 23.9 Å². The SMILES string of the molecule is COc1ccc(-n2c(CC3CC(=O)NC(=O)N3)nnc2SCc2ccc(F)cc2)cc1. The molecule has 0 aliphatic carbocycles. The molecule has 0 spiro atoms. The summed E-state index contributed by atoms with van der Waals surface area (Å²) in [6, 6.07) is 12.9. The lowest BCUT2D eigenvalue weighted by atomic mass is 10.1. The van der Waals surface area contributed by atoms with Crippen molar-refractivity contribution in [3.63, 3.8) is 0 Å². The number of rotatable bonds is 7. The maximum Gasteiger partial charge on any atom is 0.321 e. The molecule has 3 amide bonds. The molecule has 1 saturated heterocycles. The number of nitrogens with one attached hydrogen (secondary N) is 2. The summed E-state index contributed by atoms with van der Waals surface area (Å²) in [7, 11) is 1.60. The van der Waals surface area contributed by atoms with Crippen LogP contribution >= 0.6 is 11.8 Å². The van der Waals surface area contributed by atoms with Crippen molar-refractivity contribution >= 4 is 23.7 Å². The van der Waals surface area contributed by atoms with Crippen LogP contribution in [0, 0.1) is 5.82 Å². The maximum atomic E-state index is 13.2. The number of ether oxygens (including phenoxy) is 1. The Labute approximate surface area is 182 Å². The largest absolute Gasteiger partial charge is 0.497 e. The van der Waals surface area contributed by atoms with Crippen LogP contribution in [-0.4, -0.2) is 39.9 Å². The van der Waals surface area contributed by atoms with E-state index >= 15 is 0 Å². The molecule has 1 fully saturated rings. The van der Waals surface area contributed by atoms with Crippen LogP contribution in [-0.2, 0) is 17.0 Å². The summed E-state index contributed by atoms with van der Waals surface area (Å²) in [6.45, 7) is 0. The smallest absolute Gasteiger partial charge is 0.321 e. The van der Waals surface area contributed by atoms with Gasteiger partial charge >= 0.3 is 6.03 Å². The van der Waals surface area contributed by atoms with Crippen molar-refractivity contribution in [2.45, 2.75) is 29.8 Å². The molecule has 3 aromatic rings. The summed E-state index contributed by atoms with van der Waals surface area (Å²) in [4.78, 5) is 23.4. The highest BCUT2D eigenvalue weighted by atomic mass is 32.2. The molecule has 10 heteroatoms. The molecule has 4 rings (SSSR count). The summed E-state index contributed by atoms with van der Waals surface area (Å²) in [5.74, 6) is 1.31. The van der Waals surface area contributed by atoms with Gasteiger partial charge in [0.05, 0.1) is 7.11 Å². The third kappa shape index (κ3) is 5.02. The van der Waals surface area contributed by atoms with Crippen molar-refractivity contribution in [3.05, 3.63) is 65.7 Å². The number of thioether (sulfide) groups is 1.